The van der Waals surface area contributed by atoms with Crippen LogP contribution in [-0.2, 0) is 6.42 Å². The number of halogens is 2. The highest BCUT2D eigenvalue weighted by Crippen LogP contribution is 2.23. The minimum absolute atomic E-state index is 0.288. The lowest BCUT2D eigenvalue weighted by molar-refractivity contribution is 0.173. The van der Waals surface area contributed by atoms with Gasteiger partial charge in [0.2, 0.25) is 0 Å². The quantitative estimate of drug-likeness (QED) is 0.913. The van der Waals surface area contributed by atoms with Crippen molar-refractivity contribution in [3.8, 4) is 0 Å². The Balaban J connectivity index is 2.16. The van der Waals surface area contributed by atoms with Crippen LogP contribution in [0.25, 0.3) is 0 Å². The first-order valence-electron chi connectivity index (χ1n) is 5.04. The van der Waals surface area contributed by atoms with Crippen molar-refractivity contribution < 1.29 is 9.50 Å². The number of nitrogens with zero attached hydrogens (tertiary/aromatic N) is 2. The average Bonchev–Trinajstić information content (AvgIpc) is 2.34. The van der Waals surface area contributed by atoms with E-state index in [1.54, 1.807) is 18.3 Å². The molecule has 0 radical (unpaired) electrons. The van der Waals surface area contributed by atoms with Crippen molar-refractivity contribution in [2.75, 3.05) is 0 Å². The van der Waals surface area contributed by atoms with Gasteiger partial charge in [-0.3, -0.25) is 0 Å². The van der Waals surface area contributed by atoms with Crippen molar-refractivity contribution in [1.82, 2.24) is 9.97 Å². The fourth-order valence-corrected chi connectivity index (χ4v) is 1.74. The number of aromatic nitrogens is 2. The Kier molecular flexibility index (Phi) is 3.66. The van der Waals surface area contributed by atoms with Crippen molar-refractivity contribution >= 4 is 11.6 Å². The van der Waals surface area contributed by atoms with E-state index in [9.17, 15) is 9.50 Å². The second kappa shape index (κ2) is 5.21. The van der Waals surface area contributed by atoms with Crippen molar-refractivity contribution in [3.05, 3.63) is 58.9 Å². The second-order valence-corrected chi connectivity index (χ2v) is 4.00. The van der Waals surface area contributed by atoms with Gasteiger partial charge < -0.3 is 5.11 Å². The van der Waals surface area contributed by atoms with Crippen molar-refractivity contribution in [2.24, 2.45) is 0 Å². The van der Waals surface area contributed by atoms with E-state index in [-0.39, 0.29) is 6.42 Å². The second-order valence-electron chi connectivity index (χ2n) is 3.59. The molecule has 2 rings (SSSR count). The molecule has 1 heterocycles. The van der Waals surface area contributed by atoms with Crippen LogP contribution < -0.4 is 0 Å². The van der Waals surface area contributed by atoms with Crippen molar-refractivity contribution in [2.45, 2.75) is 12.5 Å². The summed E-state index contributed by atoms with van der Waals surface area (Å²) in [6.07, 6.45) is 2.43. The Morgan fingerprint density at radius 2 is 2.18 bits per heavy atom. The molecule has 0 saturated carbocycles. The van der Waals surface area contributed by atoms with Crippen molar-refractivity contribution in [1.29, 1.82) is 0 Å². The van der Waals surface area contributed by atoms with Crippen LogP contribution in [0.3, 0.4) is 0 Å². The topological polar surface area (TPSA) is 46.0 Å². The predicted octanol–water partition coefficient (Wildman–Crippen LogP) is 2.55. The van der Waals surface area contributed by atoms with Gasteiger partial charge in [0.1, 0.15) is 18.2 Å². The first-order chi connectivity index (χ1) is 8.16. The number of aliphatic hydroxyl groups is 1. The number of hydrogen-bond donors (Lipinski definition) is 1. The molecule has 0 bridgehead atoms. The van der Waals surface area contributed by atoms with Crippen LogP contribution in [0, 0.1) is 5.82 Å². The summed E-state index contributed by atoms with van der Waals surface area (Å²) in [6.45, 7) is 0. The van der Waals surface area contributed by atoms with Gasteiger partial charge in [-0.2, -0.15) is 0 Å². The Hall–Kier alpha value is -1.52. The van der Waals surface area contributed by atoms with E-state index in [0.29, 0.717) is 16.3 Å². The molecule has 0 amide bonds. The van der Waals surface area contributed by atoms with E-state index in [4.69, 9.17) is 11.6 Å². The summed E-state index contributed by atoms with van der Waals surface area (Å²) in [5.41, 5.74) is 1.19. The van der Waals surface area contributed by atoms with Gasteiger partial charge in [0.05, 0.1) is 5.69 Å². The van der Waals surface area contributed by atoms with Gasteiger partial charge in [-0.05, 0) is 23.8 Å². The lowest BCUT2D eigenvalue weighted by Gasteiger charge is -2.10. The molecular formula is C12H10ClFN2O. The maximum Gasteiger partial charge on any atom is 0.124 e. The molecule has 0 aliphatic heterocycles. The molecule has 0 saturated heterocycles. The first kappa shape index (κ1) is 12.0. The van der Waals surface area contributed by atoms with Gasteiger partial charge in [0.15, 0.2) is 0 Å². The van der Waals surface area contributed by atoms with Crippen molar-refractivity contribution in [3.63, 3.8) is 0 Å². The largest absolute Gasteiger partial charge is 0.386 e. The van der Waals surface area contributed by atoms with Crippen LogP contribution in [0.1, 0.15) is 17.4 Å². The summed E-state index contributed by atoms with van der Waals surface area (Å²) in [6, 6.07) is 5.72. The molecule has 5 heteroatoms. The first-order valence-corrected chi connectivity index (χ1v) is 5.42. The summed E-state index contributed by atoms with van der Waals surface area (Å²) >= 11 is 5.88. The van der Waals surface area contributed by atoms with E-state index in [2.05, 4.69) is 9.97 Å². The molecule has 17 heavy (non-hydrogen) atoms. The lowest BCUT2D eigenvalue weighted by Crippen LogP contribution is -2.04. The molecule has 3 nitrogen and oxygen atoms in total. The molecular weight excluding hydrogens is 243 g/mol. The zero-order valence-electron chi connectivity index (χ0n) is 8.85. The van der Waals surface area contributed by atoms with Gasteiger partial charge in [0.25, 0.3) is 0 Å². The number of rotatable bonds is 3. The molecule has 0 aliphatic rings. The highest BCUT2D eigenvalue weighted by Gasteiger charge is 2.12. The maximum absolute atomic E-state index is 12.8. The summed E-state index contributed by atoms with van der Waals surface area (Å²) in [7, 11) is 0. The highest BCUT2D eigenvalue weighted by atomic mass is 35.5. The molecule has 1 unspecified atom stereocenters. The van der Waals surface area contributed by atoms with Crippen LogP contribution in [0.15, 0.2) is 36.8 Å². The molecule has 1 aromatic heterocycles. The maximum atomic E-state index is 12.8. The number of hydrogen-bond acceptors (Lipinski definition) is 3. The van der Waals surface area contributed by atoms with Crippen LogP contribution in [0.2, 0.25) is 5.02 Å². The van der Waals surface area contributed by atoms with Gasteiger partial charge >= 0.3 is 0 Å². The zero-order chi connectivity index (χ0) is 12.3. The highest BCUT2D eigenvalue weighted by molar-refractivity contribution is 6.31. The standard InChI is InChI=1S/C12H10ClFN2O/c13-10-6-9(14)2-1-8(10)5-12(17)11-3-4-15-7-16-11/h1-4,6-7,12,17H,5H2. The lowest BCUT2D eigenvalue weighted by atomic mass is 10.1. The smallest absolute Gasteiger partial charge is 0.124 e. The van der Waals surface area contributed by atoms with E-state index < -0.39 is 11.9 Å². The van der Waals surface area contributed by atoms with Crippen LogP contribution >= 0.6 is 11.6 Å². The zero-order valence-corrected chi connectivity index (χ0v) is 9.60. The third-order valence-corrected chi connectivity index (χ3v) is 2.73. The third-order valence-electron chi connectivity index (χ3n) is 2.37. The summed E-state index contributed by atoms with van der Waals surface area (Å²) in [5, 5.41) is 10.2. The summed E-state index contributed by atoms with van der Waals surface area (Å²) in [4.78, 5) is 7.71. The van der Waals surface area contributed by atoms with Gasteiger partial charge in [0, 0.05) is 17.6 Å². The Labute approximate surface area is 103 Å². The normalized spacial score (nSPS) is 12.4. The Bertz CT molecular complexity index is 507. The van der Waals surface area contributed by atoms with Crippen LogP contribution in [0.4, 0.5) is 4.39 Å². The van der Waals surface area contributed by atoms with E-state index in [1.807, 2.05) is 0 Å². The molecule has 0 spiro atoms. The molecule has 88 valence electrons. The Morgan fingerprint density at radius 1 is 1.35 bits per heavy atom. The van der Waals surface area contributed by atoms with E-state index >= 15 is 0 Å². The molecule has 1 aromatic carbocycles. The number of aliphatic hydroxyl groups excluding tert-OH is 1. The van der Waals surface area contributed by atoms with Gasteiger partial charge in [-0.1, -0.05) is 17.7 Å². The molecule has 2 aromatic rings. The molecule has 0 fully saturated rings. The molecule has 0 aliphatic carbocycles. The predicted molar refractivity (Wildman–Crippen MR) is 62.1 cm³/mol. The summed E-state index contributed by atoms with van der Waals surface area (Å²) in [5.74, 6) is -0.393. The molecule has 1 atom stereocenters. The molecule has 1 N–H and O–H groups in total. The number of benzene rings is 1. The van der Waals surface area contributed by atoms with E-state index in [1.165, 1.54) is 18.5 Å². The average molecular weight is 253 g/mol. The fourth-order valence-electron chi connectivity index (χ4n) is 1.50. The van der Waals surface area contributed by atoms with Crippen LogP contribution in [-0.4, -0.2) is 15.1 Å². The van der Waals surface area contributed by atoms with E-state index in [0.717, 1.165) is 0 Å². The minimum Gasteiger partial charge on any atom is -0.386 e. The third kappa shape index (κ3) is 2.99. The van der Waals surface area contributed by atoms with Crippen LogP contribution in [0.5, 0.6) is 0 Å². The SMILES string of the molecule is OC(Cc1ccc(F)cc1Cl)c1ccncn1. The monoisotopic (exact) mass is 252 g/mol. The fraction of sp³-hybridized carbons (Fsp3) is 0.167. The minimum atomic E-state index is -0.777. The van der Waals surface area contributed by atoms with Gasteiger partial charge in [-0.15, -0.1) is 0 Å². The Morgan fingerprint density at radius 3 is 2.82 bits per heavy atom. The summed E-state index contributed by atoms with van der Waals surface area (Å²) < 4.78 is 12.8. The van der Waals surface area contributed by atoms with Gasteiger partial charge in [-0.25, -0.2) is 14.4 Å².